The SMILES string of the molecule is CCCNc1ncnc(N2CCC(CCO)C2)c1CCC. The molecule has 0 spiro atoms. The van der Waals surface area contributed by atoms with Gasteiger partial charge in [-0.15, -0.1) is 0 Å². The van der Waals surface area contributed by atoms with Gasteiger partial charge in [0, 0.05) is 31.8 Å². The van der Waals surface area contributed by atoms with E-state index in [1.54, 1.807) is 6.33 Å². The summed E-state index contributed by atoms with van der Waals surface area (Å²) in [6, 6.07) is 0. The van der Waals surface area contributed by atoms with Gasteiger partial charge in [-0.25, -0.2) is 9.97 Å². The van der Waals surface area contributed by atoms with Gasteiger partial charge in [-0.1, -0.05) is 20.3 Å². The highest BCUT2D eigenvalue weighted by molar-refractivity contribution is 5.59. The molecule has 1 unspecified atom stereocenters. The summed E-state index contributed by atoms with van der Waals surface area (Å²) < 4.78 is 0. The molecule has 1 saturated heterocycles. The van der Waals surface area contributed by atoms with Crippen molar-refractivity contribution in [2.75, 3.05) is 36.5 Å². The fourth-order valence-corrected chi connectivity index (χ4v) is 2.99. The van der Waals surface area contributed by atoms with E-state index in [2.05, 4.69) is 34.0 Å². The first kappa shape index (κ1) is 16.0. The van der Waals surface area contributed by atoms with Gasteiger partial charge < -0.3 is 15.3 Å². The minimum absolute atomic E-state index is 0.285. The monoisotopic (exact) mass is 292 g/mol. The van der Waals surface area contributed by atoms with Crippen LogP contribution in [0.15, 0.2) is 6.33 Å². The Balaban J connectivity index is 2.17. The van der Waals surface area contributed by atoms with Crippen LogP contribution in [0.4, 0.5) is 11.6 Å². The lowest BCUT2D eigenvalue weighted by Gasteiger charge is -2.22. The zero-order valence-corrected chi connectivity index (χ0v) is 13.3. The molecule has 0 aromatic carbocycles. The van der Waals surface area contributed by atoms with E-state index in [9.17, 15) is 0 Å². The lowest BCUT2D eigenvalue weighted by atomic mass is 10.1. The summed E-state index contributed by atoms with van der Waals surface area (Å²) >= 11 is 0. The summed E-state index contributed by atoms with van der Waals surface area (Å²) in [7, 11) is 0. The molecule has 2 heterocycles. The third kappa shape index (κ3) is 4.06. The summed E-state index contributed by atoms with van der Waals surface area (Å²) in [5.41, 5.74) is 1.25. The van der Waals surface area contributed by atoms with Crippen molar-refractivity contribution in [1.82, 2.24) is 9.97 Å². The van der Waals surface area contributed by atoms with Crippen LogP contribution in [0, 0.1) is 5.92 Å². The molecule has 21 heavy (non-hydrogen) atoms. The van der Waals surface area contributed by atoms with Gasteiger partial charge in [0.1, 0.15) is 18.0 Å². The quantitative estimate of drug-likeness (QED) is 0.770. The molecule has 5 heteroatoms. The van der Waals surface area contributed by atoms with E-state index < -0.39 is 0 Å². The highest BCUT2D eigenvalue weighted by Gasteiger charge is 2.25. The largest absolute Gasteiger partial charge is 0.396 e. The number of nitrogens with one attached hydrogen (secondary N) is 1. The minimum atomic E-state index is 0.285. The summed E-state index contributed by atoms with van der Waals surface area (Å²) in [5.74, 6) is 2.67. The number of hydrogen-bond acceptors (Lipinski definition) is 5. The first-order valence-electron chi connectivity index (χ1n) is 8.23. The molecule has 1 aromatic rings. The predicted octanol–water partition coefficient (Wildman–Crippen LogP) is 2.46. The maximum absolute atomic E-state index is 9.11. The lowest BCUT2D eigenvalue weighted by molar-refractivity contribution is 0.263. The molecule has 0 bridgehead atoms. The molecule has 2 rings (SSSR count). The molecule has 0 aliphatic carbocycles. The van der Waals surface area contributed by atoms with Gasteiger partial charge in [0.15, 0.2) is 0 Å². The van der Waals surface area contributed by atoms with Crippen molar-refractivity contribution in [2.45, 2.75) is 46.0 Å². The van der Waals surface area contributed by atoms with Crippen LogP contribution in [0.5, 0.6) is 0 Å². The highest BCUT2D eigenvalue weighted by atomic mass is 16.3. The van der Waals surface area contributed by atoms with E-state index in [4.69, 9.17) is 5.11 Å². The third-order valence-electron chi connectivity index (χ3n) is 4.09. The Morgan fingerprint density at radius 2 is 2.19 bits per heavy atom. The third-order valence-corrected chi connectivity index (χ3v) is 4.09. The van der Waals surface area contributed by atoms with Crippen molar-refractivity contribution in [3.63, 3.8) is 0 Å². The smallest absolute Gasteiger partial charge is 0.137 e. The summed E-state index contributed by atoms with van der Waals surface area (Å²) in [6.45, 7) is 7.62. The predicted molar refractivity (Wildman–Crippen MR) is 86.8 cm³/mol. The second-order valence-electron chi connectivity index (χ2n) is 5.81. The Bertz CT molecular complexity index is 438. The van der Waals surface area contributed by atoms with E-state index in [1.807, 2.05) is 0 Å². The Labute approximate surface area is 127 Å². The van der Waals surface area contributed by atoms with Crippen LogP contribution < -0.4 is 10.2 Å². The number of aliphatic hydroxyl groups is 1. The number of nitrogens with zero attached hydrogens (tertiary/aromatic N) is 3. The maximum atomic E-state index is 9.11. The average Bonchev–Trinajstić information content (AvgIpc) is 2.95. The van der Waals surface area contributed by atoms with E-state index >= 15 is 0 Å². The van der Waals surface area contributed by atoms with Crippen LogP contribution in [0.2, 0.25) is 0 Å². The van der Waals surface area contributed by atoms with Crippen molar-refractivity contribution < 1.29 is 5.11 Å². The molecule has 0 radical (unpaired) electrons. The molecule has 1 aromatic heterocycles. The summed E-state index contributed by atoms with van der Waals surface area (Å²) in [5, 5.41) is 12.5. The van der Waals surface area contributed by atoms with Crippen molar-refractivity contribution in [2.24, 2.45) is 5.92 Å². The van der Waals surface area contributed by atoms with Crippen LogP contribution >= 0.6 is 0 Å². The first-order chi connectivity index (χ1) is 10.3. The van der Waals surface area contributed by atoms with Crippen LogP contribution in [0.25, 0.3) is 0 Å². The van der Waals surface area contributed by atoms with Crippen molar-refractivity contribution in [3.05, 3.63) is 11.9 Å². The second-order valence-corrected chi connectivity index (χ2v) is 5.81. The highest BCUT2D eigenvalue weighted by Crippen LogP contribution is 2.30. The van der Waals surface area contributed by atoms with Gasteiger partial charge in [0.2, 0.25) is 0 Å². The minimum Gasteiger partial charge on any atom is -0.396 e. The standard InChI is InChI=1S/C16H28N4O/c1-3-5-14-15(17-8-4-2)18-12-19-16(14)20-9-6-13(11-20)7-10-21/h12-13,21H,3-11H2,1-2H3,(H,17,18,19). The summed E-state index contributed by atoms with van der Waals surface area (Å²) in [4.78, 5) is 11.4. The molecule has 0 amide bonds. The van der Waals surface area contributed by atoms with Crippen LogP contribution in [0.1, 0.15) is 45.1 Å². The molecular weight excluding hydrogens is 264 g/mol. The van der Waals surface area contributed by atoms with Crippen molar-refractivity contribution >= 4 is 11.6 Å². The Kier molecular flexibility index (Phi) is 6.23. The lowest BCUT2D eigenvalue weighted by Crippen LogP contribution is -2.23. The van der Waals surface area contributed by atoms with Gasteiger partial charge in [-0.2, -0.15) is 0 Å². The number of rotatable bonds is 8. The molecule has 118 valence electrons. The normalized spacial score (nSPS) is 18.2. The average molecular weight is 292 g/mol. The van der Waals surface area contributed by atoms with Crippen molar-refractivity contribution in [3.8, 4) is 0 Å². The van der Waals surface area contributed by atoms with Crippen LogP contribution in [-0.4, -0.2) is 41.3 Å². The zero-order chi connectivity index (χ0) is 15.1. The molecule has 1 aliphatic rings. The zero-order valence-electron chi connectivity index (χ0n) is 13.3. The van der Waals surface area contributed by atoms with Gasteiger partial charge in [0.05, 0.1) is 0 Å². The number of aromatic nitrogens is 2. The maximum Gasteiger partial charge on any atom is 0.137 e. The number of anilines is 2. The van der Waals surface area contributed by atoms with Crippen LogP contribution in [0.3, 0.4) is 0 Å². The van der Waals surface area contributed by atoms with Gasteiger partial charge >= 0.3 is 0 Å². The van der Waals surface area contributed by atoms with E-state index in [1.165, 1.54) is 5.56 Å². The number of hydrogen-bond donors (Lipinski definition) is 2. The van der Waals surface area contributed by atoms with Gasteiger partial charge in [-0.05, 0) is 31.6 Å². The number of aliphatic hydroxyl groups excluding tert-OH is 1. The first-order valence-corrected chi connectivity index (χ1v) is 8.23. The summed E-state index contributed by atoms with van der Waals surface area (Å²) in [6.07, 6.45) is 6.90. The molecular formula is C16H28N4O. The fourth-order valence-electron chi connectivity index (χ4n) is 2.99. The Morgan fingerprint density at radius 3 is 2.90 bits per heavy atom. The van der Waals surface area contributed by atoms with Crippen molar-refractivity contribution in [1.29, 1.82) is 0 Å². The topological polar surface area (TPSA) is 61.3 Å². The molecule has 0 saturated carbocycles. The Morgan fingerprint density at radius 1 is 1.33 bits per heavy atom. The molecule has 5 nitrogen and oxygen atoms in total. The molecule has 1 atom stereocenters. The van der Waals surface area contributed by atoms with E-state index in [-0.39, 0.29) is 6.61 Å². The molecule has 1 fully saturated rings. The van der Waals surface area contributed by atoms with E-state index in [0.29, 0.717) is 5.92 Å². The van der Waals surface area contributed by atoms with Crippen LogP contribution in [-0.2, 0) is 6.42 Å². The fraction of sp³-hybridized carbons (Fsp3) is 0.750. The van der Waals surface area contributed by atoms with Gasteiger partial charge in [-0.3, -0.25) is 0 Å². The molecule has 1 aliphatic heterocycles. The Hall–Kier alpha value is -1.36. The second kappa shape index (κ2) is 8.17. The molecule has 2 N–H and O–H groups in total. The van der Waals surface area contributed by atoms with Gasteiger partial charge in [0.25, 0.3) is 0 Å². The van der Waals surface area contributed by atoms with E-state index in [0.717, 1.165) is 63.4 Å².